The van der Waals surface area contributed by atoms with Gasteiger partial charge in [-0.1, -0.05) is 55.4 Å². The summed E-state index contributed by atoms with van der Waals surface area (Å²) in [4.78, 5) is 21.8. The van der Waals surface area contributed by atoms with E-state index >= 15 is 0 Å². The van der Waals surface area contributed by atoms with E-state index in [1.165, 1.54) is 31.5 Å². The minimum absolute atomic E-state index is 0. The van der Waals surface area contributed by atoms with Crippen LogP contribution in [-0.4, -0.2) is 34.1 Å². The number of carbonyl (C=O) groups excluding carboxylic acids is 1. The van der Waals surface area contributed by atoms with Crippen LogP contribution in [0.15, 0.2) is 66.7 Å². The van der Waals surface area contributed by atoms with Gasteiger partial charge in [-0.25, -0.2) is 0 Å². The summed E-state index contributed by atoms with van der Waals surface area (Å²) in [6, 6.07) is 21.5. The molecule has 0 saturated carbocycles. The van der Waals surface area contributed by atoms with E-state index in [4.69, 9.17) is 4.98 Å². The average molecular weight is 945 g/mol. The van der Waals surface area contributed by atoms with Gasteiger partial charge in [-0.15, -0.1) is 0 Å². The molecule has 0 aliphatic carbocycles. The van der Waals surface area contributed by atoms with Gasteiger partial charge < -0.3 is 5.11 Å². The molecule has 0 spiro atoms. The number of allylic oxidation sites excluding steroid dienone is 2. The van der Waals surface area contributed by atoms with E-state index in [0.29, 0.717) is 23.7 Å². The number of thiophene rings is 1. The Morgan fingerprint density at radius 1 is 0.824 bits per heavy atom. The Labute approximate surface area is 327 Å². The maximum absolute atomic E-state index is 12.3. The van der Waals surface area contributed by atoms with Crippen molar-refractivity contribution in [3.05, 3.63) is 78.3 Å². The first-order chi connectivity index (χ1) is 23.2. The molecule has 3 aromatic carbocycles. The SMILES string of the molecule is CC(C)(C)c1cc(-c2ncnc3c2sc2c[c]([Ge]([CH3])([CH3])[CH3])ccc23)[c-]c2ccccc12.CC(C)C(C(=O)/C=C(\O)C(C(C)C)C(C)C)C(C)C.[Ir]. The second-order valence-corrected chi connectivity index (χ2v) is 29.1. The predicted molar refractivity (Wildman–Crippen MR) is 220 cm³/mol. The van der Waals surface area contributed by atoms with Crippen LogP contribution in [-0.2, 0) is 30.3 Å². The van der Waals surface area contributed by atoms with Crippen LogP contribution in [0.25, 0.3) is 42.3 Å². The van der Waals surface area contributed by atoms with Gasteiger partial charge in [-0.3, -0.25) is 4.79 Å². The first-order valence-corrected chi connectivity index (χ1v) is 26.5. The van der Waals surface area contributed by atoms with Crippen LogP contribution in [0.1, 0.15) is 81.7 Å². The summed E-state index contributed by atoms with van der Waals surface area (Å²) in [5, 5.41) is 13.9. The number of hydrogen-bond acceptors (Lipinski definition) is 5. The molecule has 0 unspecified atom stereocenters. The molecular formula is C44H59GeIrN2O2S-. The smallest absolute Gasteiger partial charge is 0.162 e. The van der Waals surface area contributed by atoms with Crippen molar-refractivity contribution in [3.63, 3.8) is 0 Å². The van der Waals surface area contributed by atoms with Gasteiger partial charge in [-0.05, 0) is 23.7 Å². The molecule has 51 heavy (non-hydrogen) atoms. The molecule has 7 heteroatoms. The van der Waals surface area contributed by atoms with E-state index in [-0.39, 0.29) is 48.9 Å². The molecule has 0 bridgehead atoms. The largest absolute Gasteiger partial charge is 0.512 e. The Bertz CT molecular complexity index is 1980. The van der Waals surface area contributed by atoms with Crippen LogP contribution < -0.4 is 4.40 Å². The molecule has 2 aromatic heterocycles. The van der Waals surface area contributed by atoms with Gasteiger partial charge >= 0.3 is 191 Å². The molecule has 5 aromatic rings. The van der Waals surface area contributed by atoms with Crippen molar-refractivity contribution >= 4 is 65.9 Å². The molecule has 2 heterocycles. The van der Waals surface area contributed by atoms with Crippen molar-refractivity contribution in [2.45, 2.75) is 98.8 Å². The molecule has 1 radical (unpaired) electrons. The van der Waals surface area contributed by atoms with Gasteiger partial charge in [0, 0.05) is 38.0 Å². The molecule has 4 nitrogen and oxygen atoms in total. The third-order valence-corrected chi connectivity index (χ3v) is 15.2. The summed E-state index contributed by atoms with van der Waals surface area (Å²) in [5.41, 5.74) is 4.45. The van der Waals surface area contributed by atoms with Crippen molar-refractivity contribution in [2.24, 2.45) is 35.5 Å². The fourth-order valence-corrected chi connectivity index (χ4v) is 11.3. The summed E-state index contributed by atoms with van der Waals surface area (Å²) >= 11 is -0.0756. The number of rotatable bonds is 9. The van der Waals surface area contributed by atoms with Crippen LogP contribution >= 0.6 is 11.3 Å². The van der Waals surface area contributed by atoms with Crippen LogP contribution in [0.2, 0.25) is 17.3 Å². The number of ketones is 1. The van der Waals surface area contributed by atoms with E-state index in [2.05, 4.69) is 153 Å². The Balaban J connectivity index is 0.000000306. The summed E-state index contributed by atoms with van der Waals surface area (Å²) in [5.74, 6) is 8.96. The summed E-state index contributed by atoms with van der Waals surface area (Å²) < 4.78 is 4.00. The molecule has 0 atom stereocenters. The fourth-order valence-electron chi connectivity index (χ4n) is 7.43. The molecule has 277 valence electrons. The summed E-state index contributed by atoms with van der Waals surface area (Å²) in [6.45, 7) is 23.4. The minimum atomic E-state index is -1.89. The first-order valence-electron chi connectivity index (χ1n) is 18.3. The van der Waals surface area contributed by atoms with Gasteiger partial charge in [0.1, 0.15) is 0 Å². The van der Waals surface area contributed by atoms with Crippen molar-refractivity contribution in [1.82, 2.24) is 9.97 Å². The molecule has 1 N–H and O–H groups in total. The Morgan fingerprint density at radius 2 is 1.41 bits per heavy atom. The molecule has 0 aliphatic rings. The maximum atomic E-state index is 12.3. The number of carbonyl (C=O) groups is 1. The molecule has 0 amide bonds. The number of fused-ring (bicyclic) bond motifs is 4. The van der Waals surface area contributed by atoms with Gasteiger partial charge in [0.05, 0.1) is 5.76 Å². The second kappa shape index (κ2) is 17.2. The van der Waals surface area contributed by atoms with Crippen LogP contribution in [0, 0.1) is 41.6 Å². The first kappa shape index (κ1) is 43.0. The molecule has 5 rings (SSSR count). The Morgan fingerprint density at radius 3 is 1.96 bits per heavy atom. The zero-order chi connectivity index (χ0) is 37.3. The number of nitrogens with zero attached hydrogens (tertiary/aromatic N) is 2. The maximum Gasteiger partial charge on any atom is 0.162 e. The van der Waals surface area contributed by atoms with E-state index in [1.54, 1.807) is 6.33 Å². The van der Waals surface area contributed by atoms with Crippen molar-refractivity contribution < 1.29 is 30.0 Å². The van der Waals surface area contributed by atoms with Crippen LogP contribution in [0.3, 0.4) is 0 Å². The number of aromatic nitrogens is 2. The monoisotopic (exact) mass is 946 g/mol. The third-order valence-electron chi connectivity index (χ3n) is 9.79. The van der Waals surface area contributed by atoms with E-state index in [0.717, 1.165) is 26.9 Å². The Kier molecular flexibility index (Phi) is 14.5. The normalized spacial score (nSPS) is 12.9. The van der Waals surface area contributed by atoms with Crippen molar-refractivity contribution in [2.75, 3.05) is 0 Å². The second-order valence-electron chi connectivity index (χ2n) is 17.4. The Hall–Kier alpha value is -2.38. The molecule has 0 aliphatic heterocycles. The van der Waals surface area contributed by atoms with Gasteiger partial charge in [0.25, 0.3) is 0 Å². The van der Waals surface area contributed by atoms with Crippen molar-refractivity contribution in [3.8, 4) is 11.3 Å². The zero-order valence-corrected chi connectivity index (χ0v) is 38.5. The third kappa shape index (κ3) is 9.99. The molecule has 0 fully saturated rings. The van der Waals surface area contributed by atoms with Crippen LogP contribution in [0.5, 0.6) is 0 Å². The van der Waals surface area contributed by atoms with Gasteiger partial charge in [-0.2, -0.15) is 0 Å². The van der Waals surface area contributed by atoms with E-state index in [1.807, 2.05) is 11.3 Å². The van der Waals surface area contributed by atoms with Gasteiger partial charge in [0.2, 0.25) is 0 Å². The average Bonchev–Trinajstić information content (AvgIpc) is 3.37. The fraction of sp³-hybridized carbons (Fsp3) is 0.477. The zero-order valence-electron chi connectivity index (χ0n) is 33.2. The summed E-state index contributed by atoms with van der Waals surface area (Å²) in [7, 11) is 0. The van der Waals surface area contributed by atoms with E-state index in [9.17, 15) is 9.90 Å². The minimum Gasteiger partial charge on any atom is -0.512 e. The number of aliphatic hydroxyl groups excluding tert-OH is 1. The van der Waals surface area contributed by atoms with Gasteiger partial charge in [0.15, 0.2) is 5.78 Å². The molecular weight excluding hydrogens is 885 g/mol. The number of hydrogen-bond donors (Lipinski definition) is 1. The number of aliphatic hydroxyl groups is 1. The van der Waals surface area contributed by atoms with E-state index < -0.39 is 13.3 Å². The van der Waals surface area contributed by atoms with Crippen LogP contribution in [0.4, 0.5) is 0 Å². The quantitative estimate of drug-likeness (QED) is 0.0692. The molecule has 0 saturated heterocycles. The number of benzene rings is 3. The predicted octanol–water partition coefficient (Wildman–Crippen LogP) is 12.2. The standard InChI is InChI=1S/C27H27GeN2S.C17H32O2.Ir/c1-27(2,3)22-14-18(13-17-9-7-8-10-20(17)22)24-26-25(30-16-29-24)21-12-11-19(28(4,5)6)15-23(21)31-26;1-10(2)16(11(3)4)14(18)9-15(19)17(12(5)6)13(7)8;/h7-12,14-16H,1-6H3;9-13,16-18H,1-8H3;/q-1;;/b;14-9-;. The van der Waals surface area contributed by atoms with Crippen molar-refractivity contribution in [1.29, 1.82) is 0 Å². The summed E-state index contributed by atoms with van der Waals surface area (Å²) in [6.07, 6.45) is 3.19. The topological polar surface area (TPSA) is 63.1 Å².